The lowest BCUT2D eigenvalue weighted by Gasteiger charge is -2.20. The summed E-state index contributed by atoms with van der Waals surface area (Å²) in [6.07, 6.45) is 0. The first-order valence-corrected chi connectivity index (χ1v) is 5.70. The van der Waals surface area contributed by atoms with Gasteiger partial charge in [0.15, 0.2) is 5.82 Å². The standard InChI is InChI=1S/C12H13BrFNO2/c1-7(2)6-15(3)9-5-4-8(12(16)17)10(13)11(9)14/h4-5H,1,6H2,2-3H3,(H,16,17). The largest absolute Gasteiger partial charge is 0.478 e. The Morgan fingerprint density at radius 2 is 2.18 bits per heavy atom. The molecule has 0 radical (unpaired) electrons. The minimum atomic E-state index is -1.16. The van der Waals surface area contributed by atoms with Gasteiger partial charge in [-0.2, -0.15) is 0 Å². The van der Waals surface area contributed by atoms with E-state index < -0.39 is 11.8 Å². The van der Waals surface area contributed by atoms with Crippen LogP contribution in [0.4, 0.5) is 10.1 Å². The highest BCUT2D eigenvalue weighted by molar-refractivity contribution is 9.10. The highest BCUT2D eigenvalue weighted by Gasteiger charge is 2.17. The van der Waals surface area contributed by atoms with E-state index in [0.717, 1.165) is 5.57 Å². The summed E-state index contributed by atoms with van der Waals surface area (Å²) in [5.74, 6) is -1.74. The molecular formula is C12H13BrFNO2. The number of nitrogens with zero attached hydrogens (tertiary/aromatic N) is 1. The van der Waals surface area contributed by atoms with Gasteiger partial charge in [-0.15, -0.1) is 0 Å². The lowest BCUT2D eigenvalue weighted by atomic mass is 10.2. The van der Waals surface area contributed by atoms with Gasteiger partial charge in [-0.05, 0) is 35.0 Å². The van der Waals surface area contributed by atoms with Crippen molar-refractivity contribution in [3.8, 4) is 0 Å². The van der Waals surface area contributed by atoms with Gasteiger partial charge < -0.3 is 10.0 Å². The van der Waals surface area contributed by atoms with E-state index in [1.807, 2.05) is 6.92 Å². The third-order valence-electron chi connectivity index (χ3n) is 2.21. The quantitative estimate of drug-likeness (QED) is 0.868. The van der Waals surface area contributed by atoms with Gasteiger partial charge in [0, 0.05) is 13.6 Å². The van der Waals surface area contributed by atoms with Gasteiger partial charge in [0.2, 0.25) is 0 Å². The maximum Gasteiger partial charge on any atom is 0.336 e. The minimum absolute atomic E-state index is 0.0314. The molecule has 3 nitrogen and oxygen atoms in total. The summed E-state index contributed by atoms with van der Waals surface area (Å²) < 4.78 is 13.9. The molecule has 0 spiro atoms. The highest BCUT2D eigenvalue weighted by Crippen LogP contribution is 2.29. The average Bonchev–Trinajstić information content (AvgIpc) is 2.20. The second-order valence-electron chi connectivity index (χ2n) is 3.88. The van der Waals surface area contributed by atoms with E-state index >= 15 is 0 Å². The van der Waals surface area contributed by atoms with Crippen molar-refractivity contribution in [3.05, 3.63) is 40.1 Å². The smallest absolute Gasteiger partial charge is 0.336 e. The summed E-state index contributed by atoms with van der Waals surface area (Å²) >= 11 is 2.96. The number of likely N-dealkylation sites (N-methyl/N-ethyl adjacent to an activating group) is 1. The van der Waals surface area contributed by atoms with Crippen LogP contribution < -0.4 is 4.90 Å². The van der Waals surface area contributed by atoms with Crippen LogP contribution in [0.5, 0.6) is 0 Å². The second kappa shape index (κ2) is 5.31. The number of carbonyl (C=O) groups is 1. The summed E-state index contributed by atoms with van der Waals surface area (Å²) in [7, 11) is 1.72. The Kier molecular flexibility index (Phi) is 4.28. The first-order valence-electron chi connectivity index (χ1n) is 4.91. The van der Waals surface area contributed by atoms with Gasteiger partial charge in [0.1, 0.15) is 0 Å². The molecule has 92 valence electrons. The average molecular weight is 302 g/mol. The molecule has 0 saturated carbocycles. The van der Waals surface area contributed by atoms with E-state index in [9.17, 15) is 9.18 Å². The van der Waals surface area contributed by atoms with E-state index in [0.29, 0.717) is 12.2 Å². The third-order valence-corrected chi connectivity index (χ3v) is 2.99. The number of halogens is 2. The molecule has 1 N–H and O–H groups in total. The number of carboxylic acids is 1. The first kappa shape index (κ1) is 13.7. The van der Waals surface area contributed by atoms with Gasteiger partial charge in [0.05, 0.1) is 15.7 Å². The SMILES string of the molecule is C=C(C)CN(C)c1ccc(C(=O)O)c(Br)c1F. The van der Waals surface area contributed by atoms with Gasteiger partial charge in [0.25, 0.3) is 0 Å². The minimum Gasteiger partial charge on any atom is -0.478 e. The molecule has 1 aromatic rings. The number of aromatic carboxylic acids is 1. The van der Waals surface area contributed by atoms with Gasteiger partial charge >= 0.3 is 5.97 Å². The Labute approximate surface area is 108 Å². The van der Waals surface area contributed by atoms with E-state index in [1.165, 1.54) is 12.1 Å². The molecule has 17 heavy (non-hydrogen) atoms. The summed E-state index contributed by atoms with van der Waals surface area (Å²) in [6.45, 7) is 6.10. The maximum absolute atomic E-state index is 13.9. The molecule has 0 aromatic heterocycles. The van der Waals surface area contributed by atoms with E-state index in [4.69, 9.17) is 5.11 Å². The summed E-state index contributed by atoms with van der Waals surface area (Å²) in [5.41, 5.74) is 1.14. The molecule has 0 fully saturated rings. The normalized spacial score (nSPS) is 10.1. The molecular weight excluding hydrogens is 289 g/mol. The van der Waals surface area contributed by atoms with Crippen molar-refractivity contribution in [2.45, 2.75) is 6.92 Å². The Balaban J connectivity index is 3.16. The molecule has 0 heterocycles. The van der Waals surface area contributed by atoms with Crippen LogP contribution in [-0.2, 0) is 0 Å². The van der Waals surface area contributed by atoms with Crippen molar-refractivity contribution in [1.82, 2.24) is 0 Å². The second-order valence-corrected chi connectivity index (χ2v) is 4.67. The van der Waals surface area contributed by atoms with E-state index in [2.05, 4.69) is 22.5 Å². The van der Waals surface area contributed by atoms with Crippen molar-refractivity contribution in [3.63, 3.8) is 0 Å². The third kappa shape index (κ3) is 3.06. The molecule has 0 atom stereocenters. The van der Waals surface area contributed by atoms with E-state index in [1.54, 1.807) is 11.9 Å². The molecule has 0 aliphatic heterocycles. The van der Waals surface area contributed by atoms with Crippen molar-refractivity contribution < 1.29 is 14.3 Å². The fourth-order valence-corrected chi connectivity index (χ4v) is 1.99. The number of rotatable bonds is 4. The zero-order chi connectivity index (χ0) is 13.2. The lowest BCUT2D eigenvalue weighted by molar-refractivity contribution is 0.0695. The topological polar surface area (TPSA) is 40.5 Å². The molecule has 1 aromatic carbocycles. The number of benzene rings is 1. The van der Waals surface area contributed by atoms with Crippen molar-refractivity contribution in [2.75, 3.05) is 18.5 Å². The summed E-state index contributed by atoms with van der Waals surface area (Å²) in [4.78, 5) is 12.5. The van der Waals surface area contributed by atoms with Crippen molar-refractivity contribution >= 4 is 27.6 Å². The Bertz CT molecular complexity index is 474. The van der Waals surface area contributed by atoms with Crippen LogP contribution in [0.15, 0.2) is 28.8 Å². The number of hydrogen-bond acceptors (Lipinski definition) is 2. The monoisotopic (exact) mass is 301 g/mol. The van der Waals surface area contributed by atoms with Crippen LogP contribution in [0.1, 0.15) is 17.3 Å². The van der Waals surface area contributed by atoms with Crippen molar-refractivity contribution in [2.24, 2.45) is 0 Å². The molecule has 0 bridgehead atoms. The van der Waals surface area contributed by atoms with Gasteiger partial charge in [-0.25, -0.2) is 9.18 Å². The zero-order valence-corrected chi connectivity index (χ0v) is 11.2. The number of carboxylic acid groups (broad SMARTS) is 1. The first-order chi connectivity index (χ1) is 7.84. The molecule has 5 heteroatoms. The zero-order valence-electron chi connectivity index (χ0n) is 9.63. The van der Waals surface area contributed by atoms with Crippen LogP contribution in [0, 0.1) is 5.82 Å². The Morgan fingerprint density at radius 3 is 2.65 bits per heavy atom. The van der Waals surface area contributed by atoms with Gasteiger partial charge in [-0.3, -0.25) is 0 Å². The molecule has 0 amide bonds. The van der Waals surface area contributed by atoms with Crippen LogP contribution in [0.25, 0.3) is 0 Å². The predicted octanol–water partition coefficient (Wildman–Crippen LogP) is 3.30. The van der Waals surface area contributed by atoms with Crippen LogP contribution >= 0.6 is 15.9 Å². The molecule has 0 unspecified atom stereocenters. The fraction of sp³-hybridized carbons (Fsp3) is 0.250. The van der Waals surface area contributed by atoms with E-state index in [-0.39, 0.29) is 10.0 Å². The Hall–Kier alpha value is -1.36. The van der Waals surface area contributed by atoms with Crippen LogP contribution in [-0.4, -0.2) is 24.7 Å². The summed E-state index contributed by atoms with van der Waals surface area (Å²) in [6, 6.07) is 2.83. The number of anilines is 1. The lowest BCUT2D eigenvalue weighted by Crippen LogP contribution is -2.20. The Morgan fingerprint density at radius 1 is 1.59 bits per heavy atom. The molecule has 0 aliphatic rings. The van der Waals surface area contributed by atoms with Crippen LogP contribution in [0.2, 0.25) is 0 Å². The highest BCUT2D eigenvalue weighted by atomic mass is 79.9. The van der Waals surface area contributed by atoms with Gasteiger partial charge in [-0.1, -0.05) is 12.2 Å². The van der Waals surface area contributed by atoms with Crippen LogP contribution in [0.3, 0.4) is 0 Å². The fourth-order valence-electron chi connectivity index (χ4n) is 1.49. The molecule has 0 aliphatic carbocycles. The number of hydrogen-bond donors (Lipinski definition) is 1. The molecule has 0 saturated heterocycles. The molecule has 1 rings (SSSR count). The summed E-state index contributed by atoms with van der Waals surface area (Å²) in [5, 5.41) is 8.84. The van der Waals surface area contributed by atoms with Crippen molar-refractivity contribution in [1.29, 1.82) is 0 Å². The predicted molar refractivity (Wildman–Crippen MR) is 69.1 cm³/mol. The maximum atomic E-state index is 13.9.